The van der Waals surface area contributed by atoms with Crippen LogP contribution in [0.2, 0.25) is 5.02 Å². The van der Waals surface area contributed by atoms with Gasteiger partial charge in [0.2, 0.25) is 5.91 Å². The molecule has 0 bridgehead atoms. The van der Waals surface area contributed by atoms with Gasteiger partial charge in [-0.25, -0.2) is 9.50 Å². The van der Waals surface area contributed by atoms with E-state index in [1.807, 2.05) is 32.0 Å². The second-order valence-electron chi connectivity index (χ2n) is 5.98. The number of hydrogen-bond donors (Lipinski definition) is 2. The van der Waals surface area contributed by atoms with Gasteiger partial charge in [-0.15, -0.1) is 11.8 Å². The van der Waals surface area contributed by atoms with Crippen molar-refractivity contribution in [2.24, 2.45) is 0 Å². The number of aryl methyl sites for hydroxylation is 3. The van der Waals surface area contributed by atoms with Gasteiger partial charge in [0, 0.05) is 21.3 Å². The van der Waals surface area contributed by atoms with Gasteiger partial charge < -0.3 is 0 Å². The predicted molar refractivity (Wildman–Crippen MR) is 105 cm³/mol. The first-order valence-corrected chi connectivity index (χ1v) is 9.52. The molecule has 7 nitrogen and oxygen atoms in total. The molecule has 0 spiro atoms. The summed E-state index contributed by atoms with van der Waals surface area (Å²) < 4.78 is 1.62. The largest absolute Gasteiger partial charge is 0.275 e. The van der Waals surface area contributed by atoms with E-state index in [-0.39, 0.29) is 11.7 Å². The van der Waals surface area contributed by atoms with Crippen LogP contribution in [0.4, 0.5) is 0 Å². The van der Waals surface area contributed by atoms with Crippen molar-refractivity contribution in [1.29, 1.82) is 0 Å². The number of carbonyl (C=O) groups excluding carboxylic acids is 2. The van der Waals surface area contributed by atoms with Crippen molar-refractivity contribution in [2.45, 2.75) is 25.7 Å². The Morgan fingerprint density at radius 2 is 1.85 bits per heavy atom. The van der Waals surface area contributed by atoms with E-state index < -0.39 is 5.91 Å². The SMILES string of the molecule is Cc1cc(C)n2nc(C)c(C(=O)NNC(=O)CSc3ccc(Cl)cc3)c2n1. The highest BCUT2D eigenvalue weighted by Gasteiger charge is 2.20. The second-order valence-corrected chi connectivity index (χ2v) is 7.46. The predicted octanol–water partition coefficient (Wildman–Crippen LogP) is 2.86. The zero-order valence-electron chi connectivity index (χ0n) is 15.0. The van der Waals surface area contributed by atoms with Crippen LogP contribution >= 0.6 is 23.4 Å². The zero-order valence-corrected chi connectivity index (χ0v) is 16.6. The Hall–Kier alpha value is -2.58. The molecule has 140 valence electrons. The van der Waals surface area contributed by atoms with Crippen LogP contribution < -0.4 is 10.9 Å². The summed E-state index contributed by atoms with van der Waals surface area (Å²) >= 11 is 7.18. The minimum absolute atomic E-state index is 0.159. The van der Waals surface area contributed by atoms with E-state index in [4.69, 9.17) is 11.6 Å². The highest BCUT2D eigenvalue weighted by molar-refractivity contribution is 8.00. The highest BCUT2D eigenvalue weighted by Crippen LogP contribution is 2.20. The molecule has 27 heavy (non-hydrogen) atoms. The van der Waals surface area contributed by atoms with Crippen molar-refractivity contribution in [3.8, 4) is 0 Å². The topological polar surface area (TPSA) is 88.4 Å². The van der Waals surface area contributed by atoms with Gasteiger partial charge in [0.15, 0.2) is 5.65 Å². The number of halogens is 1. The Kier molecular flexibility index (Phi) is 5.67. The molecule has 0 aliphatic heterocycles. The fraction of sp³-hybridized carbons (Fsp3) is 0.222. The number of fused-ring (bicyclic) bond motifs is 1. The molecule has 0 saturated heterocycles. The Balaban J connectivity index is 1.64. The van der Waals surface area contributed by atoms with Crippen LogP contribution in [0.3, 0.4) is 0 Å². The molecule has 0 saturated carbocycles. The van der Waals surface area contributed by atoms with Crippen molar-refractivity contribution < 1.29 is 9.59 Å². The van der Waals surface area contributed by atoms with Gasteiger partial charge in [-0.05, 0) is 51.1 Å². The maximum Gasteiger partial charge on any atom is 0.275 e. The zero-order chi connectivity index (χ0) is 19.6. The standard InChI is InChI=1S/C18H18ClN5O2S/c1-10-8-11(2)24-17(20-10)16(12(3)23-24)18(26)22-21-15(25)9-27-14-6-4-13(19)5-7-14/h4-8H,9H2,1-3H3,(H,21,25)(H,22,26). The molecule has 0 fully saturated rings. The molecule has 0 aliphatic rings. The van der Waals surface area contributed by atoms with Crippen LogP contribution in [-0.4, -0.2) is 32.2 Å². The molecule has 2 aromatic heterocycles. The molecular weight excluding hydrogens is 386 g/mol. The van der Waals surface area contributed by atoms with E-state index in [2.05, 4.69) is 20.9 Å². The van der Waals surface area contributed by atoms with Crippen LogP contribution in [0.25, 0.3) is 5.65 Å². The van der Waals surface area contributed by atoms with E-state index in [9.17, 15) is 9.59 Å². The molecule has 0 atom stereocenters. The van der Waals surface area contributed by atoms with Crippen molar-refractivity contribution >= 4 is 40.8 Å². The number of rotatable bonds is 4. The first-order valence-electron chi connectivity index (χ1n) is 8.16. The van der Waals surface area contributed by atoms with Crippen molar-refractivity contribution in [2.75, 3.05) is 5.75 Å². The monoisotopic (exact) mass is 403 g/mol. The summed E-state index contributed by atoms with van der Waals surface area (Å²) in [5.74, 6) is -0.617. The third-order valence-electron chi connectivity index (χ3n) is 3.80. The number of nitrogens with one attached hydrogen (secondary N) is 2. The van der Waals surface area contributed by atoms with Gasteiger partial charge in [-0.1, -0.05) is 11.6 Å². The minimum Gasteiger partial charge on any atom is -0.272 e. The van der Waals surface area contributed by atoms with Gasteiger partial charge in [0.1, 0.15) is 5.56 Å². The maximum atomic E-state index is 12.5. The molecule has 2 N–H and O–H groups in total. The smallest absolute Gasteiger partial charge is 0.272 e. The van der Waals surface area contributed by atoms with Crippen LogP contribution in [0.15, 0.2) is 35.2 Å². The van der Waals surface area contributed by atoms with E-state index in [1.54, 1.807) is 23.6 Å². The third kappa shape index (κ3) is 4.40. The van der Waals surface area contributed by atoms with Gasteiger partial charge in [0.25, 0.3) is 5.91 Å². The quantitative estimate of drug-likeness (QED) is 0.516. The summed E-state index contributed by atoms with van der Waals surface area (Å²) in [7, 11) is 0. The highest BCUT2D eigenvalue weighted by atomic mass is 35.5. The number of aromatic nitrogens is 3. The molecule has 2 heterocycles. The molecular formula is C18H18ClN5O2S. The van der Waals surface area contributed by atoms with Crippen LogP contribution in [0, 0.1) is 20.8 Å². The molecule has 2 amide bonds. The lowest BCUT2D eigenvalue weighted by atomic mass is 10.2. The molecule has 3 rings (SSSR count). The van der Waals surface area contributed by atoms with Crippen molar-refractivity contribution in [3.63, 3.8) is 0 Å². The maximum absolute atomic E-state index is 12.5. The summed E-state index contributed by atoms with van der Waals surface area (Å²) in [6, 6.07) is 9.06. The van der Waals surface area contributed by atoms with Gasteiger partial charge in [-0.2, -0.15) is 5.10 Å². The second kappa shape index (κ2) is 7.98. The number of carbonyl (C=O) groups is 2. The van der Waals surface area contributed by atoms with Crippen molar-refractivity contribution in [3.05, 3.63) is 58.0 Å². The van der Waals surface area contributed by atoms with Crippen LogP contribution in [0.5, 0.6) is 0 Å². The Morgan fingerprint density at radius 3 is 2.56 bits per heavy atom. The average molecular weight is 404 g/mol. The fourth-order valence-electron chi connectivity index (χ4n) is 2.60. The number of amides is 2. The summed E-state index contributed by atoms with van der Waals surface area (Å²) in [6.45, 7) is 5.48. The lowest BCUT2D eigenvalue weighted by Crippen LogP contribution is -2.42. The summed E-state index contributed by atoms with van der Waals surface area (Å²) in [6.07, 6.45) is 0. The first-order chi connectivity index (χ1) is 12.8. The summed E-state index contributed by atoms with van der Waals surface area (Å²) in [5, 5.41) is 4.99. The molecule has 3 aromatic rings. The number of benzene rings is 1. The van der Waals surface area contributed by atoms with E-state index in [1.165, 1.54) is 11.8 Å². The first kappa shape index (κ1) is 19.2. The van der Waals surface area contributed by atoms with Gasteiger partial charge in [-0.3, -0.25) is 20.4 Å². The molecule has 1 aromatic carbocycles. The summed E-state index contributed by atoms with van der Waals surface area (Å²) in [5.41, 5.74) is 7.87. The lowest BCUT2D eigenvalue weighted by molar-refractivity contribution is -0.119. The number of thioether (sulfide) groups is 1. The molecule has 0 radical (unpaired) electrons. The normalized spacial score (nSPS) is 10.8. The van der Waals surface area contributed by atoms with Gasteiger partial charge >= 0.3 is 0 Å². The van der Waals surface area contributed by atoms with E-state index in [0.717, 1.165) is 16.3 Å². The van der Waals surface area contributed by atoms with E-state index in [0.29, 0.717) is 21.9 Å². The third-order valence-corrected chi connectivity index (χ3v) is 5.06. The molecule has 9 heteroatoms. The minimum atomic E-state index is -0.454. The Bertz CT molecular complexity index is 1020. The Labute approximate surface area is 165 Å². The molecule has 0 aliphatic carbocycles. The summed E-state index contributed by atoms with van der Waals surface area (Å²) in [4.78, 5) is 29.9. The molecule has 0 unspecified atom stereocenters. The van der Waals surface area contributed by atoms with E-state index >= 15 is 0 Å². The Morgan fingerprint density at radius 1 is 1.15 bits per heavy atom. The average Bonchev–Trinajstić information content (AvgIpc) is 2.95. The number of hydrogen-bond acceptors (Lipinski definition) is 5. The fourth-order valence-corrected chi connectivity index (χ4v) is 3.42. The number of hydrazine groups is 1. The lowest BCUT2D eigenvalue weighted by Gasteiger charge is -2.07. The van der Waals surface area contributed by atoms with Crippen molar-refractivity contribution in [1.82, 2.24) is 25.4 Å². The van der Waals surface area contributed by atoms with Crippen LogP contribution in [0.1, 0.15) is 27.4 Å². The van der Waals surface area contributed by atoms with Crippen LogP contribution in [-0.2, 0) is 4.79 Å². The number of nitrogens with zero attached hydrogens (tertiary/aromatic N) is 3. The van der Waals surface area contributed by atoms with Gasteiger partial charge in [0.05, 0.1) is 11.4 Å².